The van der Waals surface area contributed by atoms with E-state index in [0.717, 1.165) is 29.0 Å². The van der Waals surface area contributed by atoms with Gasteiger partial charge in [0.25, 0.3) is 5.91 Å². The highest BCUT2D eigenvalue weighted by Crippen LogP contribution is 2.41. The molecule has 2 aliphatic rings. The number of benzene rings is 1. The predicted octanol–water partition coefficient (Wildman–Crippen LogP) is 2.24. The van der Waals surface area contributed by atoms with Gasteiger partial charge in [0.15, 0.2) is 0 Å². The minimum Gasteiger partial charge on any atom is -0.464 e. The molecule has 104 valence electrons. The Morgan fingerprint density at radius 2 is 2.10 bits per heavy atom. The summed E-state index contributed by atoms with van der Waals surface area (Å²) >= 11 is 0. The number of nitrogens with two attached hydrogens (primary N) is 1. The third-order valence-corrected chi connectivity index (χ3v) is 4.63. The van der Waals surface area contributed by atoms with Gasteiger partial charge in [-0.05, 0) is 48.9 Å². The molecule has 1 saturated heterocycles. The average Bonchev–Trinajstić information content (AvgIpc) is 3.06. The fourth-order valence-electron chi connectivity index (χ4n) is 3.33. The number of carbonyl (C=O) groups is 1. The minimum absolute atomic E-state index is 0.0895. The smallest absolute Gasteiger partial charge is 0.253 e. The molecule has 0 bridgehead atoms. The van der Waals surface area contributed by atoms with Crippen LogP contribution in [-0.4, -0.2) is 29.9 Å². The van der Waals surface area contributed by atoms with Crippen LogP contribution in [0.15, 0.2) is 34.9 Å². The summed E-state index contributed by atoms with van der Waals surface area (Å²) in [7, 11) is 0. The number of amides is 1. The van der Waals surface area contributed by atoms with E-state index in [1.54, 1.807) is 6.26 Å². The molecule has 0 radical (unpaired) electrons. The van der Waals surface area contributed by atoms with Crippen LogP contribution in [0.5, 0.6) is 0 Å². The zero-order chi connectivity index (χ0) is 13.7. The highest BCUT2D eigenvalue weighted by molar-refractivity contribution is 5.97. The van der Waals surface area contributed by atoms with Gasteiger partial charge in [0.1, 0.15) is 5.58 Å². The normalized spacial score (nSPS) is 26.4. The standard InChI is InChI=1S/C16H18N2O2/c17-14-9-18(8-13(14)10-1-2-10)16(19)12-3-4-15-11(7-12)5-6-20-15/h3-7,10,13-14H,1-2,8-9,17H2/t13-,14+/m0/s1. The fraction of sp³-hybridized carbons (Fsp3) is 0.438. The molecular weight excluding hydrogens is 252 g/mol. The molecule has 1 aromatic heterocycles. The quantitative estimate of drug-likeness (QED) is 0.910. The highest BCUT2D eigenvalue weighted by Gasteiger charge is 2.42. The van der Waals surface area contributed by atoms with E-state index < -0.39 is 0 Å². The maximum Gasteiger partial charge on any atom is 0.253 e. The summed E-state index contributed by atoms with van der Waals surface area (Å²) < 4.78 is 5.31. The highest BCUT2D eigenvalue weighted by atomic mass is 16.3. The monoisotopic (exact) mass is 270 g/mol. The minimum atomic E-state index is 0.0895. The molecule has 2 atom stereocenters. The Kier molecular flexibility index (Phi) is 2.60. The fourth-order valence-corrected chi connectivity index (χ4v) is 3.33. The van der Waals surface area contributed by atoms with E-state index in [1.807, 2.05) is 29.2 Å². The molecule has 2 aromatic rings. The van der Waals surface area contributed by atoms with Crippen molar-refractivity contribution in [2.75, 3.05) is 13.1 Å². The van der Waals surface area contributed by atoms with E-state index in [9.17, 15) is 4.79 Å². The topological polar surface area (TPSA) is 59.5 Å². The Morgan fingerprint density at radius 1 is 1.25 bits per heavy atom. The number of carbonyl (C=O) groups excluding carboxylic acids is 1. The van der Waals surface area contributed by atoms with Crippen LogP contribution in [-0.2, 0) is 0 Å². The van der Waals surface area contributed by atoms with Gasteiger partial charge in [0, 0.05) is 30.1 Å². The van der Waals surface area contributed by atoms with Gasteiger partial charge in [-0.1, -0.05) is 0 Å². The molecule has 1 saturated carbocycles. The summed E-state index contributed by atoms with van der Waals surface area (Å²) in [5, 5.41) is 0.970. The maximum atomic E-state index is 12.6. The summed E-state index contributed by atoms with van der Waals surface area (Å²) in [6.07, 6.45) is 4.20. The van der Waals surface area contributed by atoms with Gasteiger partial charge in [-0.2, -0.15) is 0 Å². The van der Waals surface area contributed by atoms with Gasteiger partial charge >= 0.3 is 0 Å². The van der Waals surface area contributed by atoms with Crippen LogP contribution in [0.3, 0.4) is 0 Å². The molecule has 0 spiro atoms. The first-order chi connectivity index (χ1) is 9.72. The molecule has 1 aliphatic carbocycles. The number of nitrogens with zero attached hydrogens (tertiary/aromatic N) is 1. The van der Waals surface area contributed by atoms with Crippen LogP contribution in [0.1, 0.15) is 23.2 Å². The van der Waals surface area contributed by atoms with Crippen LogP contribution in [0, 0.1) is 11.8 Å². The summed E-state index contributed by atoms with van der Waals surface area (Å²) in [5.41, 5.74) is 7.73. The Bertz CT molecular complexity index is 659. The lowest BCUT2D eigenvalue weighted by atomic mass is 9.99. The molecule has 4 rings (SSSR count). The molecule has 4 nitrogen and oxygen atoms in total. The largest absolute Gasteiger partial charge is 0.464 e. The first-order valence-corrected chi connectivity index (χ1v) is 7.24. The van der Waals surface area contributed by atoms with Gasteiger partial charge in [-0.25, -0.2) is 0 Å². The van der Waals surface area contributed by atoms with E-state index in [4.69, 9.17) is 10.2 Å². The van der Waals surface area contributed by atoms with Crippen LogP contribution in [0.4, 0.5) is 0 Å². The molecule has 1 amide bonds. The molecule has 4 heteroatoms. The van der Waals surface area contributed by atoms with Gasteiger partial charge in [-0.3, -0.25) is 4.79 Å². The zero-order valence-electron chi connectivity index (χ0n) is 11.3. The third kappa shape index (κ3) is 1.91. The SMILES string of the molecule is N[C@@H]1CN(C(=O)c2ccc3occc3c2)C[C@H]1C1CC1. The molecule has 20 heavy (non-hydrogen) atoms. The Morgan fingerprint density at radius 3 is 2.90 bits per heavy atom. The number of likely N-dealkylation sites (tertiary alicyclic amines) is 1. The van der Waals surface area contributed by atoms with Crippen molar-refractivity contribution in [2.45, 2.75) is 18.9 Å². The van der Waals surface area contributed by atoms with Gasteiger partial charge in [0.05, 0.1) is 6.26 Å². The van der Waals surface area contributed by atoms with Crippen LogP contribution in [0.25, 0.3) is 11.0 Å². The van der Waals surface area contributed by atoms with Crippen molar-refractivity contribution in [1.82, 2.24) is 4.90 Å². The van der Waals surface area contributed by atoms with E-state index in [-0.39, 0.29) is 11.9 Å². The van der Waals surface area contributed by atoms with Gasteiger partial charge < -0.3 is 15.1 Å². The van der Waals surface area contributed by atoms with Gasteiger partial charge in [-0.15, -0.1) is 0 Å². The van der Waals surface area contributed by atoms with Gasteiger partial charge in [0.2, 0.25) is 0 Å². The number of hydrogen-bond acceptors (Lipinski definition) is 3. The van der Waals surface area contributed by atoms with E-state index >= 15 is 0 Å². The summed E-state index contributed by atoms with van der Waals surface area (Å²) in [5.74, 6) is 1.34. The van der Waals surface area contributed by atoms with E-state index in [2.05, 4.69) is 0 Å². The molecular formula is C16H18N2O2. The van der Waals surface area contributed by atoms with Crippen LogP contribution < -0.4 is 5.73 Å². The first-order valence-electron chi connectivity index (χ1n) is 7.24. The van der Waals surface area contributed by atoms with Crippen LogP contribution >= 0.6 is 0 Å². The van der Waals surface area contributed by atoms with Crippen LogP contribution in [0.2, 0.25) is 0 Å². The molecule has 2 N–H and O–H groups in total. The molecule has 2 fully saturated rings. The summed E-state index contributed by atoms with van der Waals surface area (Å²) in [6, 6.07) is 7.62. The maximum absolute atomic E-state index is 12.6. The zero-order valence-corrected chi connectivity index (χ0v) is 11.3. The van der Waals surface area contributed by atoms with Crippen molar-refractivity contribution in [1.29, 1.82) is 0 Å². The van der Waals surface area contributed by atoms with Crippen molar-refractivity contribution in [3.63, 3.8) is 0 Å². The summed E-state index contributed by atoms with van der Waals surface area (Å²) in [4.78, 5) is 14.5. The number of rotatable bonds is 2. The van der Waals surface area contributed by atoms with E-state index in [1.165, 1.54) is 12.8 Å². The lowest BCUT2D eigenvalue weighted by Crippen LogP contribution is -2.32. The Labute approximate surface area is 117 Å². The molecule has 1 aromatic carbocycles. The second kappa shape index (κ2) is 4.35. The summed E-state index contributed by atoms with van der Waals surface area (Å²) in [6.45, 7) is 1.50. The predicted molar refractivity (Wildman–Crippen MR) is 76.3 cm³/mol. The number of furan rings is 1. The van der Waals surface area contributed by atoms with Crippen molar-refractivity contribution in [3.8, 4) is 0 Å². The first kappa shape index (κ1) is 12.0. The lowest BCUT2D eigenvalue weighted by Gasteiger charge is -2.16. The van der Waals surface area contributed by atoms with Crippen molar-refractivity contribution in [2.24, 2.45) is 17.6 Å². The Hall–Kier alpha value is -1.81. The molecule has 2 heterocycles. The number of fused-ring (bicyclic) bond motifs is 1. The Balaban J connectivity index is 1.57. The molecule has 0 unspecified atom stereocenters. The second-order valence-corrected chi connectivity index (χ2v) is 6.05. The lowest BCUT2D eigenvalue weighted by molar-refractivity contribution is 0.0785. The van der Waals surface area contributed by atoms with Crippen molar-refractivity contribution < 1.29 is 9.21 Å². The second-order valence-electron chi connectivity index (χ2n) is 6.05. The average molecular weight is 270 g/mol. The van der Waals surface area contributed by atoms with Crippen molar-refractivity contribution >= 4 is 16.9 Å². The van der Waals surface area contributed by atoms with Crippen molar-refractivity contribution in [3.05, 3.63) is 36.1 Å². The van der Waals surface area contributed by atoms with E-state index in [0.29, 0.717) is 12.5 Å². The molecule has 1 aliphatic heterocycles. The number of hydrogen-bond donors (Lipinski definition) is 1. The third-order valence-electron chi connectivity index (χ3n) is 4.63.